The van der Waals surface area contributed by atoms with Crippen LogP contribution in [0.25, 0.3) is 0 Å². The molecule has 1 rings (SSSR count). The lowest BCUT2D eigenvalue weighted by Gasteiger charge is -2.05. The smallest absolute Gasteiger partial charge is 0.235 e. The summed E-state index contributed by atoms with van der Waals surface area (Å²) in [7, 11) is 0. The number of alkyl halides is 1. The van der Waals surface area contributed by atoms with Gasteiger partial charge >= 0.3 is 0 Å². The molecule has 0 spiro atoms. The second kappa shape index (κ2) is 7.06. The van der Waals surface area contributed by atoms with Gasteiger partial charge in [0.25, 0.3) is 0 Å². The first-order chi connectivity index (χ1) is 8.15. The van der Waals surface area contributed by atoms with Crippen molar-refractivity contribution < 1.29 is 9.59 Å². The van der Waals surface area contributed by atoms with Gasteiger partial charge in [0, 0.05) is 12.2 Å². The van der Waals surface area contributed by atoms with E-state index in [2.05, 4.69) is 26.6 Å². The summed E-state index contributed by atoms with van der Waals surface area (Å²) in [6.45, 7) is 2.52. The zero-order chi connectivity index (χ0) is 12.7. The van der Waals surface area contributed by atoms with Crippen LogP contribution in [0.3, 0.4) is 0 Å². The number of hydrogen-bond acceptors (Lipinski definition) is 2. The molecule has 0 aromatic heterocycles. The van der Waals surface area contributed by atoms with E-state index in [1.54, 1.807) is 12.1 Å². The van der Waals surface area contributed by atoms with Crippen LogP contribution in [0, 0.1) is 0 Å². The molecule has 0 aliphatic carbocycles. The van der Waals surface area contributed by atoms with E-state index in [0.717, 1.165) is 11.3 Å². The molecule has 0 atom stereocenters. The van der Waals surface area contributed by atoms with E-state index in [1.807, 2.05) is 19.1 Å². The van der Waals surface area contributed by atoms with Gasteiger partial charge in [-0.05, 0) is 24.6 Å². The van der Waals surface area contributed by atoms with E-state index < -0.39 is 0 Å². The molecule has 0 radical (unpaired) electrons. The van der Waals surface area contributed by atoms with Crippen molar-refractivity contribution in [2.24, 2.45) is 0 Å². The molecule has 0 saturated carbocycles. The molecule has 1 aromatic carbocycles. The molecule has 17 heavy (non-hydrogen) atoms. The molecule has 5 heteroatoms. The van der Waals surface area contributed by atoms with Crippen molar-refractivity contribution in [3.63, 3.8) is 0 Å². The van der Waals surface area contributed by atoms with E-state index in [4.69, 9.17) is 0 Å². The number of carbonyl (C=O) groups excluding carboxylic acids is 2. The Hall–Kier alpha value is -1.36. The lowest BCUT2D eigenvalue weighted by atomic mass is 10.1. The van der Waals surface area contributed by atoms with Crippen molar-refractivity contribution in [3.8, 4) is 0 Å². The molecule has 0 unspecified atom stereocenters. The molecule has 0 saturated heterocycles. The molecule has 0 fully saturated rings. The predicted molar refractivity (Wildman–Crippen MR) is 71.3 cm³/mol. The van der Waals surface area contributed by atoms with Gasteiger partial charge in [-0.15, -0.1) is 0 Å². The molecular weight excluding hydrogens is 284 g/mol. The fourth-order valence-electron chi connectivity index (χ4n) is 1.35. The third kappa shape index (κ3) is 4.99. The quantitative estimate of drug-likeness (QED) is 0.813. The summed E-state index contributed by atoms with van der Waals surface area (Å²) < 4.78 is 0. The number of halogens is 1. The minimum absolute atomic E-state index is 0.00439. The fourth-order valence-corrected chi connectivity index (χ4v) is 1.49. The molecule has 0 aliphatic heterocycles. The van der Waals surface area contributed by atoms with Gasteiger partial charge in [0.2, 0.25) is 11.8 Å². The maximum atomic E-state index is 11.3. The van der Waals surface area contributed by atoms with Gasteiger partial charge in [0.15, 0.2) is 0 Å². The van der Waals surface area contributed by atoms with Crippen molar-refractivity contribution in [2.75, 3.05) is 17.2 Å². The highest BCUT2D eigenvalue weighted by Crippen LogP contribution is 2.10. The van der Waals surface area contributed by atoms with Gasteiger partial charge < -0.3 is 10.6 Å². The summed E-state index contributed by atoms with van der Waals surface area (Å²) >= 11 is 3.07. The Kier molecular flexibility index (Phi) is 5.69. The molecule has 0 bridgehead atoms. The summed E-state index contributed by atoms with van der Waals surface area (Å²) in [5.41, 5.74) is 1.65. The SMILES string of the molecule is CCNC(=O)Cc1ccc(NC(=O)CBr)cc1. The Balaban J connectivity index is 2.55. The molecule has 4 nitrogen and oxygen atoms in total. The van der Waals surface area contributed by atoms with Gasteiger partial charge in [-0.3, -0.25) is 9.59 Å². The standard InChI is InChI=1S/C12H15BrN2O2/c1-2-14-11(16)7-9-3-5-10(6-4-9)15-12(17)8-13/h3-6H,2,7-8H2,1H3,(H,14,16)(H,15,17). The first-order valence-corrected chi connectivity index (χ1v) is 6.49. The zero-order valence-corrected chi connectivity index (χ0v) is 11.2. The Bertz CT molecular complexity index is 390. The summed E-state index contributed by atoms with van der Waals surface area (Å²) in [6, 6.07) is 7.24. The topological polar surface area (TPSA) is 58.2 Å². The van der Waals surface area contributed by atoms with Crippen molar-refractivity contribution in [2.45, 2.75) is 13.3 Å². The minimum Gasteiger partial charge on any atom is -0.356 e. The largest absolute Gasteiger partial charge is 0.356 e. The number of carbonyl (C=O) groups is 2. The van der Waals surface area contributed by atoms with Crippen molar-refractivity contribution in [3.05, 3.63) is 29.8 Å². The lowest BCUT2D eigenvalue weighted by molar-refractivity contribution is -0.120. The molecular formula is C12H15BrN2O2. The van der Waals surface area contributed by atoms with Crippen LogP contribution in [0.15, 0.2) is 24.3 Å². The average Bonchev–Trinajstić information content (AvgIpc) is 2.32. The van der Waals surface area contributed by atoms with Crippen LogP contribution in [0.2, 0.25) is 0 Å². The Labute approximate surface area is 109 Å². The maximum absolute atomic E-state index is 11.3. The van der Waals surface area contributed by atoms with Crippen LogP contribution >= 0.6 is 15.9 Å². The maximum Gasteiger partial charge on any atom is 0.235 e. The van der Waals surface area contributed by atoms with Gasteiger partial charge in [-0.1, -0.05) is 28.1 Å². The number of hydrogen-bond donors (Lipinski definition) is 2. The monoisotopic (exact) mass is 298 g/mol. The lowest BCUT2D eigenvalue weighted by Crippen LogP contribution is -2.24. The van der Waals surface area contributed by atoms with Crippen LogP contribution in [0.1, 0.15) is 12.5 Å². The summed E-state index contributed by atoms with van der Waals surface area (Å²) in [4.78, 5) is 22.4. The molecule has 2 amide bonds. The Morgan fingerprint density at radius 1 is 1.18 bits per heavy atom. The number of likely N-dealkylation sites (N-methyl/N-ethyl adjacent to an activating group) is 1. The van der Waals surface area contributed by atoms with Crippen LogP contribution in [-0.4, -0.2) is 23.7 Å². The van der Waals surface area contributed by atoms with E-state index in [0.29, 0.717) is 13.0 Å². The fraction of sp³-hybridized carbons (Fsp3) is 0.333. The van der Waals surface area contributed by atoms with Crippen molar-refractivity contribution in [1.29, 1.82) is 0 Å². The van der Waals surface area contributed by atoms with Gasteiger partial charge in [0.1, 0.15) is 0 Å². The highest BCUT2D eigenvalue weighted by molar-refractivity contribution is 9.09. The average molecular weight is 299 g/mol. The van der Waals surface area contributed by atoms with Crippen LogP contribution in [0.4, 0.5) is 5.69 Å². The highest BCUT2D eigenvalue weighted by Gasteiger charge is 2.03. The van der Waals surface area contributed by atoms with Crippen molar-refractivity contribution >= 4 is 33.4 Å². The van der Waals surface area contributed by atoms with Gasteiger partial charge in [-0.25, -0.2) is 0 Å². The molecule has 1 aromatic rings. The summed E-state index contributed by atoms with van der Waals surface area (Å²) in [6.07, 6.45) is 0.362. The molecule has 2 N–H and O–H groups in total. The Morgan fingerprint density at radius 2 is 1.82 bits per heavy atom. The minimum atomic E-state index is -0.0959. The van der Waals surface area contributed by atoms with Crippen molar-refractivity contribution in [1.82, 2.24) is 5.32 Å². The number of amides is 2. The summed E-state index contributed by atoms with van der Waals surface area (Å²) in [5.74, 6) is -0.0915. The van der Waals surface area contributed by atoms with Gasteiger partial charge in [0.05, 0.1) is 11.8 Å². The third-order valence-electron chi connectivity index (χ3n) is 2.10. The second-order valence-electron chi connectivity index (χ2n) is 3.51. The number of benzene rings is 1. The predicted octanol–water partition coefficient (Wildman–Crippen LogP) is 1.70. The normalized spacial score (nSPS) is 9.76. The van der Waals surface area contributed by atoms with E-state index in [9.17, 15) is 9.59 Å². The van der Waals surface area contributed by atoms with E-state index in [1.165, 1.54) is 0 Å². The Morgan fingerprint density at radius 3 is 2.35 bits per heavy atom. The highest BCUT2D eigenvalue weighted by atomic mass is 79.9. The summed E-state index contributed by atoms with van der Waals surface area (Å²) in [5, 5.41) is 5.72. The second-order valence-corrected chi connectivity index (χ2v) is 4.07. The molecule has 0 aliphatic rings. The van der Waals surface area contributed by atoms with Crippen LogP contribution in [0.5, 0.6) is 0 Å². The number of rotatable bonds is 5. The third-order valence-corrected chi connectivity index (χ3v) is 2.61. The first kappa shape index (κ1) is 13.7. The van der Waals surface area contributed by atoms with Crippen LogP contribution < -0.4 is 10.6 Å². The number of nitrogens with one attached hydrogen (secondary N) is 2. The zero-order valence-electron chi connectivity index (χ0n) is 9.63. The first-order valence-electron chi connectivity index (χ1n) is 5.37. The van der Waals surface area contributed by atoms with Gasteiger partial charge in [-0.2, -0.15) is 0 Å². The number of anilines is 1. The van der Waals surface area contributed by atoms with E-state index in [-0.39, 0.29) is 17.1 Å². The molecule has 0 heterocycles. The molecule has 92 valence electrons. The van der Waals surface area contributed by atoms with E-state index >= 15 is 0 Å². The van der Waals surface area contributed by atoms with Crippen LogP contribution in [-0.2, 0) is 16.0 Å².